The van der Waals surface area contributed by atoms with E-state index in [4.69, 9.17) is 0 Å². The van der Waals surface area contributed by atoms with Gasteiger partial charge in [0.1, 0.15) is 0 Å². The second-order valence-corrected chi connectivity index (χ2v) is 6.99. The maximum atomic E-state index is 11.6. The van der Waals surface area contributed by atoms with Gasteiger partial charge in [-0.3, -0.25) is 9.59 Å². The Bertz CT molecular complexity index is 326. The fourth-order valence-electron chi connectivity index (χ4n) is 2.85. The van der Waals surface area contributed by atoms with Gasteiger partial charge in [0.25, 0.3) is 0 Å². The molecule has 0 rings (SSSR count). The van der Waals surface area contributed by atoms with E-state index < -0.39 is 22.8 Å². The summed E-state index contributed by atoms with van der Waals surface area (Å²) < 4.78 is 0. The summed E-state index contributed by atoms with van der Waals surface area (Å²) in [6.45, 7) is 7.27. The second-order valence-electron chi connectivity index (χ2n) is 6.99. The van der Waals surface area contributed by atoms with E-state index in [1.807, 2.05) is 0 Å². The van der Waals surface area contributed by atoms with Crippen molar-refractivity contribution in [3.63, 3.8) is 0 Å². The third kappa shape index (κ3) is 7.01. The Morgan fingerprint density at radius 3 is 1.50 bits per heavy atom. The van der Waals surface area contributed by atoms with Crippen molar-refractivity contribution in [1.29, 1.82) is 0 Å². The molecule has 22 heavy (non-hydrogen) atoms. The quantitative estimate of drug-likeness (QED) is 0.345. The van der Waals surface area contributed by atoms with Gasteiger partial charge in [0.15, 0.2) is 5.41 Å². The molecule has 2 N–H and O–H groups in total. The fraction of sp³-hybridized carbons (Fsp3) is 0.882. The third-order valence-corrected chi connectivity index (χ3v) is 4.42. The predicted octanol–water partition coefficient (Wildman–Crippen LogP) is 1.84. The first-order valence-electron chi connectivity index (χ1n) is 8.17. The van der Waals surface area contributed by atoms with Gasteiger partial charge >= 0.3 is 41.5 Å². The van der Waals surface area contributed by atoms with Crippen molar-refractivity contribution in [2.45, 2.75) is 85.5 Å². The van der Waals surface area contributed by atoms with Crippen LogP contribution in [0.15, 0.2) is 0 Å². The van der Waals surface area contributed by atoms with Crippen molar-refractivity contribution in [2.75, 3.05) is 0 Å². The average molecular weight is 324 g/mol. The number of hydrogen-bond acceptors (Lipinski definition) is 2. The van der Waals surface area contributed by atoms with E-state index in [2.05, 4.69) is 6.92 Å². The molecule has 0 aromatic rings. The van der Waals surface area contributed by atoms with E-state index in [9.17, 15) is 19.8 Å². The van der Waals surface area contributed by atoms with E-state index >= 15 is 0 Å². The number of aliphatic carboxylic acids is 2. The van der Waals surface area contributed by atoms with Crippen LogP contribution in [0.25, 0.3) is 0 Å². The summed E-state index contributed by atoms with van der Waals surface area (Å²) >= 11 is 0. The molecule has 0 aromatic carbocycles. The van der Waals surface area contributed by atoms with E-state index in [1.165, 1.54) is 25.7 Å². The largest absolute Gasteiger partial charge is 1.00 e. The molecule has 0 spiro atoms. The van der Waals surface area contributed by atoms with Crippen LogP contribution in [0, 0.1) is 10.8 Å². The van der Waals surface area contributed by atoms with Crippen LogP contribution in [0.2, 0.25) is 0 Å². The number of hydrogen-bond donors (Lipinski definition) is 2. The third-order valence-electron chi connectivity index (χ3n) is 4.42. The molecule has 0 aliphatic heterocycles. The molecule has 5 heteroatoms. The van der Waals surface area contributed by atoms with Crippen LogP contribution < -0.4 is 29.6 Å². The van der Waals surface area contributed by atoms with Crippen molar-refractivity contribution in [3.8, 4) is 0 Å². The van der Waals surface area contributed by atoms with E-state index in [0.29, 0.717) is 6.42 Å². The SMILES string of the molecule is CCCCCCCCCCC(C(=O)O)(C(=O)O)C(C)(C)C.[H-].[Na+]. The maximum Gasteiger partial charge on any atom is 1.00 e. The molecule has 0 radical (unpaired) electrons. The van der Waals surface area contributed by atoms with Gasteiger partial charge < -0.3 is 11.6 Å². The van der Waals surface area contributed by atoms with Gasteiger partial charge in [-0.25, -0.2) is 0 Å². The number of unbranched alkanes of at least 4 members (excludes halogenated alkanes) is 7. The first-order valence-corrected chi connectivity index (χ1v) is 8.17. The van der Waals surface area contributed by atoms with Crippen molar-refractivity contribution in [1.82, 2.24) is 0 Å². The van der Waals surface area contributed by atoms with Crippen molar-refractivity contribution >= 4 is 11.9 Å². The molecular weight excluding hydrogens is 291 g/mol. The molecule has 0 fully saturated rings. The van der Waals surface area contributed by atoms with Gasteiger partial charge in [-0.2, -0.15) is 0 Å². The number of carbonyl (C=O) groups is 2. The van der Waals surface area contributed by atoms with Crippen LogP contribution in [-0.4, -0.2) is 22.2 Å². The molecule has 0 atom stereocenters. The Labute approximate surface area is 158 Å². The van der Waals surface area contributed by atoms with Crippen LogP contribution >= 0.6 is 0 Å². The fourth-order valence-corrected chi connectivity index (χ4v) is 2.85. The molecule has 0 aliphatic carbocycles. The monoisotopic (exact) mass is 324 g/mol. The van der Waals surface area contributed by atoms with Crippen molar-refractivity contribution in [3.05, 3.63) is 0 Å². The van der Waals surface area contributed by atoms with Crippen LogP contribution in [0.3, 0.4) is 0 Å². The Kier molecular flexibility index (Phi) is 12.6. The predicted molar refractivity (Wildman–Crippen MR) is 85.5 cm³/mol. The molecule has 0 aliphatic rings. The molecule has 0 unspecified atom stereocenters. The molecule has 126 valence electrons. The first-order chi connectivity index (χ1) is 9.70. The summed E-state index contributed by atoms with van der Waals surface area (Å²) in [6.07, 6.45) is 8.95. The van der Waals surface area contributed by atoms with E-state index in [1.54, 1.807) is 20.8 Å². The Morgan fingerprint density at radius 1 is 0.818 bits per heavy atom. The smallest absolute Gasteiger partial charge is 1.00 e. The summed E-state index contributed by atoms with van der Waals surface area (Å²) in [5.41, 5.74) is -2.49. The zero-order chi connectivity index (χ0) is 16.5. The van der Waals surface area contributed by atoms with Gasteiger partial charge in [-0.15, -0.1) is 0 Å². The summed E-state index contributed by atoms with van der Waals surface area (Å²) in [5.74, 6) is -2.43. The van der Waals surface area contributed by atoms with E-state index in [-0.39, 0.29) is 37.4 Å². The van der Waals surface area contributed by atoms with E-state index in [0.717, 1.165) is 19.3 Å². The maximum absolute atomic E-state index is 11.6. The number of carboxylic acid groups (broad SMARTS) is 2. The normalized spacial score (nSPS) is 11.8. The van der Waals surface area contributed by atoms with Gasteiger partial charge in [-0.05, 0) is 11.8 Å². The molecule has 4 nitrogen and oxygen atoms in total. The minimum absolute atomic E-state index is 0. The number of carboxylic acids is 2. The van der Waals surface area contributed by atoms with Gasteiger partial charge in [0.2, 0.25) is 0 Å². The molecule has 0 amide bonds. The molecule has 0 saturated heterocycles. The summed E-state index contributed by atoms with van der Waals surface area (Å²) in [7, 11) is 0. The minimum Gasteiger partial charge on any atom is -1.00 e. The van der Waals surface area contributed by atoms with Gasteiger partial charge in [0.05, 0.1) is 0 Å². The molecular formula is C17H33NaO4. The topological polar surface area (TPSA) is 74.6 Å². The summed E-state index contributed by atoms with van der Waals surface area (Å²) in [6, 6.07) is 0. The van der Waals surface area contributed by atoms with Crippen LogP contribution in [0.4, 0.5) is 0 Å². The average Bonchev–Trinajstić information content (AvgIpc) is 2.34. The Morgan fingerprint density at radius 2 is 1.18 bits per heavy atom. The minimum atomic E-state index is -1.69. The molecule has 0 heterocycles. The zero-order valence-corrected chi connectivity index (χ0v) is 17.1. The van der Waals surface area contributed by atoms with Crippen molar-refractivity contribution in [2.24, 2.45) is 10.8 Å². The van der Waals surface area contributed by atoms with Gasteiger partial charge in [-0.1, -0.05) is 79.1 Å². The Hall–Kier alpha value is -0.0600. The molecule has 0 saturated carbocycles. The van der Waals surface area contributed by atoms with Crippen LogP contribution in [-0.2, 0) is 9.59 Å². The van der Waals surface area contributed by atoms with Crippen molar-refractivity contribution < 1.29 is 50.8 Å². The standard InChI is InChI=1S/C17H32O4.Na.H/c1-5-6-7-8-9-10-11-12-13-17(14(18)19,15(20)21)16(2,3)4;;/h5-13H2,1-4H3,(H,18,19)(H,20,21);;/q;+1;-1. The molecule has 0 aromatic heterocycles. The zero-order valence-electron chi connectivity index (χ0n) is 16.1. The summed E-state index contributed by atoms with van der Waals surface area (Å²) in [4.78, 5) is 23.1. The molecule has 0 bridgehead atoms. The number of rotatable bonds is 11. The van der Waals surface area contributed by atoms with Gasteiger partial charge in [0, 0.05) is 0 Å². The Balaban J connectivity index is -0.00000200. The van der Waals surface area contributed by atoms with Crippen LogP contribution in [0.5, 0.6) is 0 Å². The van der Waals surface area contributed by atoms with Crippen LogP contribution in [0.1, 0.15) is 86.9 Å². The summed E-state index contributed by atoms with van der Waals surface area (Å²) in [5, 5.41) is 18.9. The first kappa shape index (κ1) is 24.2. The second kappa shape index (κ2) is 11.5.